The van der Waals surface area contributed by atoms with Crippen molar-refractivity contribution in [2.75, 3.05) is 6.54 Å². The van der Waals surface area contributed by atoms with Gasteiger partial charge in [-0.15, -0.1) is 0 Å². The first-order chi connectivity index (χ1) is 27.0. The number of nitrogens with one attached hydrogen (secondary N) is 2. The molecule has 7 heteroatoms. The number of carbonyl (C=O) groups is 1. The Labute approximate surface area is 324 Å². The molecule has 0 radical (unpaired) electrons. The molecule has 4 unspecified atom stereocenters. The van der Waals surface area contributed by atoms with E-state index in [-0.39, 0.29) is 30.8 Å². The molecule has 1 aliphatic rings. The number of hydrogen-bond donors (Lipinski definition) is 3. The van der Waals surface area contributed by atoms with Crippen LogP contribution in [0.4, 0.5) is 4.79 Å². The topological polar surface area (TPSA) is 83.1 Å². The zero-order valence-corrected chi connectivity index (χ0v) is 31.3. The molecule has 280 valence electrons. The number of urea groups is 1. The predicted octanol–water partition coefficient (Wildman–Crippen LogP) is 9.34. The molecule has 0 spiro atoms. The third-order valence-corrected chi connectivity index (χ3v) is 10.3. The predicted molar refractivity (Wildman–Crippen MR) is 217 cm³/mol. The van der Waals surface area contributed by atoms with Gasteiger partial charge in [-0.2, -0.15) is 0 Å². The molecule has 1 heterocycles. The molecule has 2 amide bonds. The number of aliphatic hydroxyl groups excluding tert-OH is 1. The van der Waals surface area contributed by atoms with Gasteiger partial charge in [0, 0.05) is 44.2 Å². The summed E-state index contributed by atoms with van der Waals surface area (Å²) in [7, 11) is 0. The largest absolute Gasteiger partial charge is 0.392 e. The minimum Gasteiger partial charge on any atom is -0.392 e. The van der Waals surface area contributed by atoms with Crippen LogP contribution in [0.1, 0.15) is 58.3 Å². The molecule has 7 nitrogen and oxygen atoms in total. The molecule has 7 rings (SSSR count). The molecule has 6 aromatic carbocycles. The van der Waals surface area contributed by atoms with Crippen molar-refractivity contribution < 1.29 is 19.4 Å². The SMILES string of the molecule is CC1C(CN(Cc2ccccc2)Cc2ccccc2)OC(c2ccc(-c3cccc(CNC(=O)NCc4ccccc4)c3)cc2)OC1c1ccc(CO)cc1. The van der Waals surface area contributed by atoms with E-state index in [4.69, 9.17) is 9.47 Å². The van der Waals surface area contributed by atoms with E-state index in [9.17, 15) is 9.90 Å². The van der Waals surface area contributed by atoms with Crippen LogP contribution in [0.5, 0.6) is 0 Å². The van der Waals surface area contributed by atoms with E-state index < -0.39 is 6.29 Å². The molecule has 1 saturated heterocycles. The van der Waals surface area contributed by atoms with Crippen molar-refractivity contribution in [2.24, 2.45) is 5.92 Å². The van der Waals surface area contributed by atoms with Crippen molar-refractivity contribution >= 4 is 6.03 Å². The summed E-state index contributed by atoms with van der Waals surface area (Å²) in [6, 6.07) is 55.6. The molecule has 1 aliphatic heterocycles. The van der Waals surface area contributed by atoms with Gasteiger partial charge in [0.15, 0.2) is 6.29 Å². The van der Waals surface area contributed by atoms with Gasteiger partial charge in [0.2, 0.25) is 0 Å². The Hall–Kier alpha value is -5.57. The van der Waals surface area contributed by atoms with Gasteiger partial charge in [0.1, 0.15) is 0 Å². The summed E-state index contributed by atoms with van der Waals surface area (Å²) < 4.78 is 13.7. The number of hydrogen-bond acceptors (Lipinski definition) is 5. The fourth-order valence-corrected chi connectivity index (χ4v) is 7.17. The second-order valence-electron chi connectivity index (χ2n) is 14.3. The van der Waals surface area contributed by atoms with E-state index in [1.807, 2.05) is 54.6 Å². The van der Waals surface area contributed by atoms with E-state index in [0.717, 1.165) is 58.6 Å². The van der Waals surface area contributed by atoms with Crippen molar-refractivity contribution in [2.45, 2.75) is 58.2 Å². The second kappa shape index (κ2) is 18.7. The van der Waals surface area contributed by atoms with Crippen molar-refractivity contribution in [1.29, 1.82) is 0 Å². The number of amides is 2. The lowest BCUT2D eigenvalue weighted by molar-refractivity contribution is -0.276. The molecular weight excluding hydrogens is 683 g/mol. The number of aliphatic hydroxyl groups is 1. The summed E-state index contributed by atoms with van der Waals surface area (Å²) in [5, 5.41) is 15.6. The van der Waals surface area contributed by atoms with Crippen molar-refractivity contribution in [1.82, 2.24) is 15.5 Å². The summed E-state index contributed by atoms with van der Waals surface area (Å²) in [6.07, 6.45) is -0.902. The smallest absolute Gasteiger partial charge is 0.315 e. The van der Waals surface area contributed by atoms with E-state index in [0.29, 0.717) is 13.1 Å². The van der Waals surface area contributed by atoms with Gasteiger partial charge in [-0.3, -0.25) is 4.90 Å². The van der Waals surface area contributed by atoms with E-state index in [2.05, 4.69) is 132 Å². The van der Waals surface area contributed by atoms with Gasteiger partial charge >= 0.3 is 6.03 Å². The standard InChI is InChI=1S/C48H49N3O4/c1-35-45(33-51(31-37-14-7-3-8-15-37)32-38-16-9-4-10-17-38)54-47(55-46(35)42-22-20-39(34-52)21-23-42)43-26-24-41(25-27-43)44-19-11-18-40(28-44)30-50-48(53)49-29-36-12-5-2-6-13-36/h2-28,35,45-47,52H,29-34H2,1H3,(H2,49,50,53). The number of carbonyl (C=O) groups excluding carboxylic acids is 1. The van der Waals surface area contributed by atoms with E-state index in [1.54, 1.807) is 0 Å². The van der Waals surface area contributed by atoms with Gasteiger partial charge in [0.05, 0.1) is 18.8 Å². The van der Waals surface area contributed by atoms with Crippen LogP contribution in [-0.2, 0) is 42.3 Å². The highest BCUT2D eigenvalue weighted by molar-refractivity contribution is 5.74. The van der Waals surface area contributed by atoms with Crippen LogP contribution < -0.4 is 10.6 Å². The van der Waals surface area contributed by atoms with Crippen LogP contribution in [-0.4, -0.2) is 28.7 Å². The van der Waals surface area contributed by atoms with Gasteiger partial charge in [-0.25, -0.2) is 4.79 Å². The van der Waals surface area contributed by atoms with Gasteiger partial charge in [-0.05, 0) is 50.6 Å². The van der Waals surface area contributed by atoms with Crippen LogP contribution in [0.3, 0.4) is 0 Å². The first-order valence-corrected chi connectivity index (χ1v) is 19.1. The Morgan fingerprint density at radius 3 is 1.73 bits per heavy atom. The zero-order valence-electron chi connectivity index (χ0n) is 31.3. The summed E-state index contributed by atoms with van der Waals surface area (Å²) in [5.41, 5.74) is 9.59. The van der Waals surface area contributed by atoms with Gasteiger partial charge in [-0.1, -0.05) is 165 Å². The highest BCUT2D eigenvalue weighted by atomic mass is 16.7. The molecule has 0 saturated carbocycles. The highest BCUT2D eigenvalue weighted by Crippen LogP contribution is 2.42. The summed E-state index contributed by atoms with van der Waals surface area (Å²) >= 11 is 0. The normalized spacial score (nSPS) is 18.2. The lowest BCUT2D eigenvalue weighted by Crippen LogP contribution is -2.44. The Morgan fingerprint density at radius 1 is 0.582 bits per heavy atom. The highest BCUT2D eigenvalue weighted by Gasteiger charge is 2.39. The monoisotopic (exact) mass is 731 g/mol. The van der Waals surface area contributed by atoms with Crippen LogP contribution in [0.2, 0.25) is 0 Å². The Morgan fingerprint density at radius 2 is 1.13 bits per heavy atom. The number of ether oxygens (including phenoxy) is 2. The van der Waals surface area contributed by atoms with Crippen LogP contribution in [0.25, 0.3) is 11.1 Å². The Kier molecular flexibility index (Phi) is 12.8. The molecule has 0 aliphatic carbocycles. The maximum absolute atomic E-state index is 12.5. The third-order valence-electron chi connectivity index (χ3n) is 10.3. The number of nitrogens with zero attached hydrogens (tertiary/aromatic N) is 1. The maximum atomic E-state index is 12.5. The first-order valence-electron chi connectivity index (χ1n) is 19.1. The van der Waals surface area contributed by atoms with Gasteiger partial charge in [0.25, 0.3) is 0 Å². The van der Waals surface area contributed by atoms with Crippen LogP contribution >= 0.6 is 0 Å². The first kappa shape index (κ1) is 37.7. The van der Waals surface area contributed by atoms with Crippen LogP contribution in [0, 0.1) is 5.92 Å². The Balaban J connectivity index is 1.07. The molecule has 0 aromatic heterocycles. The molecule has 4 atom stereocenters. The maximum Gasteiger partial charge on any atom is 0.315 e. The fourth-order valence-electron chi connectivity index (χ4n) is 7.17. The zero-order chi connectivity index (χ0) is 37.8. The summed E-state index contributed by atoms with van der Waals surface area (Å²) in [6.45, 7) is 5.42. The summed E-state index contributed by atoms with van der Waals surface area (Å²) in [5.74, 6) is 0.0568. The lowest BCUT2D eigenvalue weighted by Gasteiger charge is -2.43. The average Bonchev–Trinajstić information content (AvgIpc) is 3.24. The van der Waals surface area contributed by atoms with E-state index in [1.165, 1.54) is 11.1 Å². The minimum absolute atomic E-state index is 0.000489. The molecule has 3 N–H and O–H groups in total. The lowest BCUT2D eigenvalue weighted by atomic mass is 9.89. The molecule has 6 aromatic rings. The minimum atomic E-state index is -0.571. The number of benzene rings is 6. The van der Waals surface area contributed by atoms with E-state index >= 15 is 0 Å². The third kappa shape index (κ3) is 10.4. The second-order valence-corrected chi connectivity index (χ2v) is 14.3. The molecular formula is C48H49N3O4. The van der Waals surface area contributed by atoms with Gasteiger partial charge < -0.3 is 25.2 Å². The number of rotatable bonds is 14. The quantitative estimate of drug-likeness (QED) is 0.104. The van der Waals surface area contributed by atoms with Crippen molar-refractivity contribution in [3.63, 3.8) is 0 Å². The van der Waals surface area contributed by atoms with Crippen molar-refractivity contribution in [3.05, 3.63) is 203 Å². The average molecular weight is 732 g/mol. The Bertz CT molecular complexity index is 2030. The molecule has 55 heavy (non-hydrogen) atoms. The summed E-state index contributed by atoms with van der Waals surface area (Å²) in [4.78, 5) is 15.0. The fraction of sp³-hybridized carbons (Fsp3) is 0.229. The van der Waals surface area contributed by atoms with Crippen molar-refractivity contribution in [3.8, 4) is 11.1 Å². The molecule has 1 fully saturated rings. The molecule has 0 bridgehead atoms. The van der Waals surface area contributed by atoms with Crippen LogP contribution in [0.15, 0.2) is 164 Å².